The molecule has 1 aliphatic carbocycles. The molecule has 2 heteroatoms. The van der Waals surface area contributed by atoms with Crippen LogP contribution in [0.1, 0.15) is 34.6 Å². The molecule has 0 saturated heterocycles. The molecular formula is C18H16O2. The van der Waals surface area contributed by atoms with Crippen LogP contribution in [0.3, 0.4) is 0 Å². The van der Waals surface area contributed by atoms with Crippen LogP contribution in [0.25, 0.3) is 6.08 Å². The van der Waals surface area contributed by atoms with E-state index in [1.54, 1.807) is 6.08 Å². The Bertz CT molecular complexity index is 684. The highest BCUT2D eigenvalue weighted by molar-refractivity contribution is 5.93. The monoisotopic (exact) mass is 264 g/mol. The number of benzene rings is 2. The maximum atomic E-state index is 11.3. The third-order valence-electron chi connectivity index (χ3n) is 3.85. The number of carbonyl (C=O) groups is 1. The minimum absolute atomic E-state index is 0.127. The molecule has 0 spiro atoms. The predicted molar refractivity (Wildman–Crippen MR) is 79.7 cm³/mol. The number of aliphatic carboxylic acids is 1. The van der Waals surface area contributed by atoms with Crippen LogP contribution in [0.5, 0.6) is 0 Å². The van der Waals surface area contributed by atoms with E-state index in [2.05, 4.69) is 25.1 Å². The van der Waals surface area contributed by atoms with E-state index in [-0.39, 0.29) is 5.92 Å². The summed E-state index contributed by atoms with van der Waals surface area (Å²) in [6, 6.07) is 16.3. The Kier molecular flexibility index (Phi) is 3.15. The molecule has 100 valence electrons. The van der Waals surface area contributed by atoms with Gasteiger partial charge in [0.1, 0.15) is 0 Å². The minimum atomic E-state index is -0.822. The molecule has 2 aromatic carbocycles. The second-order valence-corrected chi connectivity index (χ2v) is 5.27. The first-order valence-corrected chi connectivity index (χ1v) is 6.74. The number of hydrogen-bond donors (Lipinski definition) is 1. The normalized spacial score (nSPS) is 17.2. The summed E-state index contributed by atoms with van der Waals surface area (Å²) in [6.07, 6.45) is 2.35. The molecule has 2 nitrogen and oxygen atoms in total. The summed E-state index contributed by atoms with van der Waals surface area (Å²) in [5.74, 6) is -0.695. The molecule has 0 radical (unpaired) electrons. The fourth-order valence-corrected chi connectivity index (χ4v) is 2.84. The Morgan fingerprint density at radius 2 is 1.90 bits per heavy atom. The van der Waals surface area contributed by atoms with Crippen LogP contribution in [-0.2, 0) is 4.79 Å². The number of aryl methyl sites for hydroxylation is 1. The van der Waals surface area contributed by atoms with Crippen LogP contribution in [-0.4, -0.2) is 11.1 Å². The van der Waals surface area contributed by atoms with Gasteiger partial charge >= 0.3 is 5.97 Å². The van der Waals surface area contributed by atoms with Gasteiger partial charge in [-0.2, -0.15) is 0 Å². The molecule has 1 N–H and O–H groups in total. The first-order valence-electron chi connectivity index (χ1n) is 6.74. The average molecular weight is 264 g/mol. The predicted octanol–water partition coefficient (Wildman–Crippen LogP) is 4.00. The van der Waals surface area contributed by atoms with Crippen LogP contribution >= 0.6 is 0 Å². The van der Waals surface area contributed by atoms with Gasteiger partial charge in [0.2, 0.25) is 0 Å². The van der Waals surface area contributed by atoms with E-state index < -0.39 is 5.97 Å². The third-order valence-corrected chi connectivity index (χ3v) is 3.85. The van der Waals surface area contributed by atoms with E-state index in [0.29, 0.717) is 12.0 Å². The van der Waals surface area contributed by atoms with E-state index >= 15 is 0 Å². The first kappa shape index (κ1) is 12.7. The second kappa shape index (κ2) is 4.97. The number of hydrogen-bond acceptors (Lipinski definition) is 1. The molecular weight excluding hydrogens is 248 g/mol. The number of fused-ring (bicyclic) bond motifs is 1. The van der Waals surface area contributed by atoms with Gasteiger partial charge in [-0.05, 0) is 36.1 Å². The standard InChI is InChI=1S/C18H16O2/c1-12-7-8-14-10-15(18(19)20)11-17(16(14)9-12)13-5-3-2-4-6-13/h2-10,17H,11H2,1H3,(H,19,20). The lowest BCUT2D eigenvalue weighted by Gasteiger charge is -2.25. The summed E-state index contributed by atoms with van der Waals surface area (Å²) in [4.78, 5) is 11.3. The van der Waals surface area contributed by atoms with Gasteiger partial charge in [-0.1, -0.05) is 54.1 Å². The number of carboxylic acids is 1. The summed E-state index contributed by atoms with van der Waals surface area (Å²) < 4.78 is 0. The largest absolute Gasteiger partial charge is 0.478 e. The lowest BCUT2D eigenvalue weighted by atomic mass is 9.78. The van der Waals surface area contributed by atoms with Crippen molar-refractivity contribution in [2.24, 2.45) is 0 Å². The molecule has 0 heterocycles. The zero-order chi connectivity index (χ0) is 14.1. The zero-order valence-corrected chi connectivity index (χ0v) is 11.3. The number of carboxylic acid groups (broad SMARTS) is 1. The van der Waals surface area contributed by atoms with E-state index in [1.807, 2.05) is 30.3 Å². The number of rotatable bonds is 2. The maximum absolute atomic E-state index is 11.3. The van der Waals surface area contributed by atoms with Crippen LogP contribution in [0.2, 0.25) is 0 Å². The first-order chi connectivity index (χ1) is 9.65. The van der Waals surface area contributed by atoms with Crippen LogP contribution in [0, 0.1) is 6.92 Å². The van der Waals surface area contributed by atoms with Crippen molar-refractivity contribution in [1.82, 2.24) is 0 Å². The highest BCUT2D eigenvalue weighted by Crippen LogP contribution is 2.38. The van der Waals surface area contributed by atoms with E-state index in [9.17, 15) is 9.90 Å². The van der Waals surface area contributed by atoms with Gasteiger partial charge in [-0.25, -0.2) is 4.79 Å². The Morgan fingerprint density at radius 3 is 2.60 bits per heavy atom. The SMILES string of the molecule is Cc1ccc2c(c1)C(c1ccccc1)CC(C(=O)O)=C2. The second-order valence-electron chi connectivity index (χ2n) is 5.27. The Balaban J connectivity index is 2.15. The van der Waals surface area contributed by atoms with Crippen LogP contribution < -0.4 is 0 Å². The fourth-order valence-electron chi connectivity index (χ4n) is 2.84. The molecule has 20 heavy (non-hydrogen) atoms. The molecule has 0 aliphatic heterocycles. The molecule has 0 bridgehead atoms. The van der Waals surface area contributed by atoms with Gasteiger partial charge in [-0.15, -0.1) is 0 Å². The fraction of sp³-hybridized carbons (Fsp3) is 0.167. The van der Waals surface area contributed by atoms with Crippen molar-refractivity contribution in [3.63, 3.8) is 0 Å². The molecule has 0 amide bonds. The molecule has 0 fully saturated rings. The Morgan fingerprint density at radius 1 is 1.15 bits per heavy atom. The van der Waals surface area contributed by atoms with Gasteiger partial charge in [0.15, 0.2) is 0 Å². The van der Waals surface area contributed by atoms with Gasteiger partial charge in [0.25, 0.3) is 0 Å². The van der Waals surface area contributed by atoms with E-state index in [1.165, 1.54) is 16.7 Å². The maximum Gasteiger partial charge on any atom is 0.331 e. The molecule has 1 atom stereocenters. The molecule has 0 aromatic heterocycles. The van der Waals surface area contributed by atoms with Gasteiger partial charge in [0.05, 0.1) is 0 Å². The topological polar surface area (TPSA) is 37.3 Å². The van der Waals surface area contributed by atoms with Crippen molar-refractivity contribution in [3.8, 4) is 0 Å². The lowest BCUT2D eigenvalue weighted by Crippen LogP contribution is -2.13. The van der Waals surface area contributed by atoms with Crippen molar-refractivity contribution in [3.05, 3.63) is 76.4 Å². The summed E-state index contributed by atoms with van der Waals surface area (Å²) in [5, 5.41) is 9.31. The minimum Gasteiger partial charge on any atom is -0.478 e. The van der Waals surface area contributed by atoms with Crippen molar-refractivity contribution in [1.29, 1.82) is 0 Å². The van der Waals surface area contributed by atoms with Crippen LogP contribution in [0.4, 0.5) is 0 Å². The summed E-state index contributed by atoms with van der Waals surface area (Å²) >= 11 is 0. The summed E-state index contributed by atoms with van der Waals surface area (Å²) in [6.45, 7) is 2.07. The Hall–Kier alpha value is -2.35. The van der Waals surface area contributed by atoms with Gasteiger partial charge < -0.3 is 5.11 Å². The lowest BCUT2D eigenvalue weighted by molar-refractivity contribution is -0.132. The van der Waals surface area contributed by atoms with Crippen molar-refractivity contribution in [2.45, 2.75) is 19.3 Å². The van der Waals surface area contributed by atoms with E-state index in [0.717, 1.165) is 5.56 Å². The molecule has 2 aromatic rings. The summed E-state index contributed by atoms with van der Waals surface area (Å²) in [5.41, 5.74) is 5.10. The molecule has 1 unspecified atom stereocenters. The third kappa shape index (κ3) is 2.25. The highest BCUT2D eigenvalue weighted by atomic mass is 16.4. The molecule has 3 rings (SSSR count). The Labute approximate surface area is 118 Å². The van der Waals surface area contributed by atoms with Crippen molar-refractivity contribution >= 4 is 12.0 Å². The van der Waals surface area contributed by atoms with Crippen LogP contribution in [0.15, 0.2) is 54.1 Å². The quantitative estimate of drug-likeness (QED) is 0.890. The van der Waals surface area contributed by atoms with Gasteiger partial charge in [0, 0.05) is 11.5 Å². The van der Waals surface area contributed by atoms with Gasteiger partial charge in [-0.3, -0.25) is 0 Å². The smallest absolute Gasteiger partial charge is 0.331 e. The highest BCUT2D eigenvalue weighted by Gasteiger charge is 2.25. The average Bonchev–Trinajstić information content (AvgIpc) is 2.47. The summed E-state index contributed by atoms with van der Waals surface area (Å²) in [7, 11) is 0. The molecule has 0 saturated carbocycles. The van der Waals surface area contributed by atoms with E-state index in [4.69, 9.17) is 0 Å². The zero-order valence-electron chi connectivity index (χ0n) is 11.3. The molecule has 1 aliphatic rings. The van der Waals surface area contributed by atoms with Crippen molar-refractivity contribution in [2.75, 3.05) is 0 Å². The van der Waals surface area contributed by atoms with Crippen molar-refractivity contribution < 1.29 is 9.90 Å².